The first-order valence-corrected chi connectivity index (χ1v) is 15.2. The van der Waals surface area contributed by atoms with Crippen molar-refractivity contribution in [2.24, 2.45) is 11.8 Å². The standard InChI is InChI=1S/C29H40FN5O4.C2H6/c1-5-21-15-33(28(38)35(21)25(17-6-7-17)18-8-10-20(30)11-9-18)16-23(32-27(37)39-29(2,3)4)26(36)34-22(14-31)12-19-13-24(19)34;1-2/h8-11,17,19,21-25,28,38H,5-7,12-13,15-16H2,1-4H3,(H,32,37);1-2H3/t19?,21?,22?,23-,24?,25?,28?;/m0./s1. The minimum Gasteiger partial charge on any atom is -0.444 e. The van der Waals surface area contributed by atoms with Gasteiger partial charge < -0.3 is 20.1 Å². The van der Waals surface area contributed by atoms with Crippen molar-refractivity contribution < 1.29 is 23.8 Å². The van der Waals surface area contributed by atoms with Crippen LogP contribution in [0.3, 0.4) is 0 Å². The van der Waals surface area contributed by atoms with Gasteiger partial charge in [0.05, 0.1) is 6.07 Å². The van der Waals surface area contributed by atoms with E-state index in [0.717, 1.165) is 31.2 Å². The third kappa shape index (κ3) is 7.02. The van der Waals surface area contributed by atoms with E-state index in [0.29, 0.717) is 24.8 Å². The molecule has 0 bridgehead atoms. The molecule has 9 nitrogen and oxygen atoms in total. The lowest BCUT2D eigenvalue weighted by atomic mass is 9.99. The smallest absolute Gasteiger partial charge is 0.408 e. The molecule has 226 valence electrons. The van der Waals surface area contributed by atoms with Crippen molar-refractivity contribution >= 4 is 12.0 Å². The predicted octanol–water partition coefficient (Wildman–Crippen LogP) is 4.38. The van der Waals surface area contributed by atoms with E-state index in [4.69, 9.17) is 4.74 Å². The molecular formula is C31H46FN5O4. The van der Waals surface area contributed by atoms with Gasteiger partial charge in [0.25, 0.3) is 0 Å². The number of aliphatic hydroxyl groups excluding tert-OH is 1. The lowest BCUT2D eigenvalue weighted by Gasteiger charge is -2.36. The number of hydrogen-bond donors (Lipinski definition) is 2. The fourth-order valence-corrected chi connectivity index (χ4v) is 6.41. The second-order valence-electron chi connectivity index (χ2n) is 12.5. The van der Waals surface area contributed by atoms with Crippen molar-refractivity contribution in [2.45, 2.75) is 116 Å². The van der Waals surface area contributed by atoms with Gasteiger partial charge >= 0.3 is 6.09 Å². The zero-order chi connectivity index (χ0) is 30.1. The Balaban J connectivity index is 0.00000189. The van der Waals surface area contributed by atoms with Crippen molar-refractivity contribution in [1.82, 2.24) is 20.0 Å². The van der Waals surface area contributed by atoms with Crippen molar-refractivity contribution in [2.75, 3.05) is 13.1 Å². The molecule has 4 fully saturated rings. The Morgan fingerprint density at radius 1 is 1.20 bits per heavy atom. The number of fused-ring (bicyclic) bond motifs is 1. The van der Waals surface area contributed by atoms with Crippen LogP contribution in [0.5, 0.6) is 0 Å². The van der Waals surface area contributed by atoms with E-state index in [9.17, 15) is 24.3 Å². The summed E-state index contributed by atoms with van der Waals surface area (Å²) in [5.74, 6) is 0.0970. The molecule has 2 N–H and O–H groups in total. The Morgan fingerprint density at radius 2 is 1.85 bits per heavy atom. The van der Waals surface area contributed by atoms with E-state index in [1.54, 1.807) is 37.8 Å². The summed E-state index contributed by atoms with van der Waals surface area (Å²) in [5.41, 5.74) is 0.220. The van der Waals surface area contributed by atoms with Gasteiger partial charge in [-0.05, 0) is 82.4 Å². The number of piperidine rings is 1. The van der Waals surface area contributed by atoms with Crippen LogP contribution in [0.15, 0.2) is 24.3 Å². The Hall–Kier alpha value is -2.74. The minimum absolute atomic E-state index is 0.0133. The molecule has 10 heteroatoms. The molecule has 2 aliphatic carbocycles. The molecule has 0 aromatic heterocycles. The normalized spacial score (nSPS) is 29.0. The van der Waals surface area contributed by atoms with Gasteiger partial charge in [-0.3, -0.25) is 14.6 Å². The highest BCUT2D eigenvalue weighted by Crippen LogP contribution is 2.49. The van der Waals surface area contributed by atoms with Crippen LogP contribution in [0.25, 0.3) is 0 Å². The summed E-state index contributed by atoms with van der Waals surface area (Å²) in [5, 5.41) is 24.1. The number of carbonyl (C=O) groups is 2. The van der Waals surface area contributed by atoms with Gasteiger partial charge in [0, 0.05) is 31.2 Å². The zero-order valence-electron chi connectivity index (χ0n) is 25.2. The molecule has 2 amide bonds. The van der Waals surface area contributed by atoms with E-state index < -0.39 is 30.1 Å². The number of nitriles is 1. The number of aliphatic hydroxyl groups is 1. The number of rotatable bonds is 8. The second kappa shape index (κ2) is 12.6. The van der Waals surface area contributed by atoms with Crippen LogP contribution < -0.4 is 5.32 Å². The van der Waals surface area contributed by atoms with Crippen LogP contribution in [-0.4, -0.2) is 81.0 Å². The number of amides is 2. The third-order valence-electron chi connectivity index (χ3n) is 8.45. The van der Waals surface area contributed by atoms with Gasteiger partial charge in [-0.2, -0.15) is 5.26 Å². The van der Waals surface area contributed by atoms with Gasteiger partial charge in [-0.25, -0.2) is 9.18 Å². The van der Waals surface area contributed by atoms with E-state index in [1.165, 1.54) is 12.1 Å². The molecule has 4 aliphatic rings. The number of nitrogens with zero attached hydrogens (tertiary/aromatic N) is 4. The number of halogens is 1. The van der Waals surface area contributed by atoms with Crippen molar-refractivity contribution in [3.63, 3.8) is 0 Å². The van der Waals surface area contributed by atoms with Gasteiger partial charge in [0.2, 0.25) is 5.91 Å². The number of benzene rings is 1. The maximum absolute atomic E-state index is 13.8. The quantitative estimate of drug-likeness (QED) is 0.477. The first-order valence-electron chi connectivity index (χ1n) is 15.2. The van der Waals surface area contributed by atoms with Gasteiger partial charge in [-0.15, -0.1) is 0 Å². The molecule has 1 aromatic carbocycles. The van der Waals surface area contributed by atoms with Crippen LogP contribution in [0, 0.1) is 29.0 Å². The SMILES string of the molecule is CC.CCC1CN(C[C@H](NC(=O)OC(C)(C)C)C(=O)N2C(C#N)CC3CC32)C(O)N1C(c1ccc(F)cc1)C1CC1. The number of likely N-dealkylation sites (tertiary alicyclic amines) is 1. The van der Waals surface area contributed by atoms with E-state index in [1.807, 2.05) is 18.7 Å². The first-order chi connectivity index (χ1) is 19.5. The predicted molar refractivity (Wildman–Crippen MR) is 153 cm³/mol. The Kier molecular flexibility index (Phi) is 9.62. The maximum atomic E-state index is 13.8. The van der Waals surface area contributed by atoms with Gasteiger partial charge in [0.15, 0.2) is 6.35 Å². The molecule has 7 atom stereocenters. The first kappa shape index (κ1) is 31.2. The van der Waals surface area contributed by atoms with Crippen LogP contribution in [0.4, 0.5) is 9.18 Å². The number of alkyl carbamates (subject to hydrolysis) is 1. The summed E-state index contributed by atoms with van der Waals surface area (Å²) >= 11 is 0. The fourth-order valence-electron chi connectivity index (χ4n) is 6.41. The molecule has 0 radical (unpaired) electrons. The average molecular weight is 572 g/mol. The molecule has 2 saturated carbocycles. The molecule has 0 spiro atoms. The molecular weight excluding hydrogens is 525 g/mol. The summed E-state index contributed by atoms with van der Waals surface area (Å²) in [6, 6.07) is 7.23. The largest absolute Gasteiger partial charge is 0.444 e. The highest BCUT2D eigenvalue weighted by molar-refractivity contribution is 5.87. The summed E-state index contributed by atoms with van der Waals surface area (Å²) in [4.78, 5) is 32.2. The van der Waals surface area contributed by atoms with Crippen LogP contribution in [0.2, 0.25) is 0 Å². The summed E-state index contributed by atoms with van der Waals surface area (Å²) in [6.45, 7) is 11.9. The highest BCUT2D eigenvalue weighted by atomic mass is 19.1. The molecule has 5 rings (SSSR count). The summed E-state index contributed by atoms with van der Waals surface area (Å²) < 4.78 is 19.2. The van der Waals surface area contributed by atoms with Crippen LogP contribution in [0.1, 0.15) is 85.3 Å². The Labute approximate surface area is 243 Å². The summed E-state index contributed by atoms with van der Waals surface area (Å²) in [6.07, 6.45) is 2.70. The minimum atomic E-state index is -0.986. The number of hydrogen-bond acceptors (Lipinski definition) is 7. The molecule has 2 saturated heterocycles. The van der Waals surface area contributed by atoms with Crippen LogP contribution in [-0.2, 0) is 9.53 Å². The zero-order valence-corrected chi connectivity index (χ0v) is 25.2. The van der Waals surface area contributed by atoms with E-state index in [-0.39, 0.29) is 36.4 Å². The van der Waals surface area contributed by atoms with Crippen LogP contribution >= 0.6 is 0 Å². The molecule has 2 heterocycles. The van der Waals surface area contributed by atoms with Gasteiger partial charge in [0.1, 0.15) is 23.5 Å². The number of carbonyl (C=O) groups excluding carboxylic acids is 2. The van der Waals surface area contributed by atoms with Gasteiger partial charge in [-0.1, -0.05) is 32.9 Å². The van der Waals surface area contributed by atoms with Crippen molar-refractivity contribution in [3.05, 3.63) is 35.6 Å². The molecule has 6 unspecified atom stereocenters. The Morgan fingerprint density at radius 3 is 2.41 bits per heavy atom. The Bertz CT molecular complexity index is 1110. The number of nitrogens with one attached hydrogen (secondary N) is 1. The monoisotopic (exact) mass is 571 g/mol. The maximum Gasteiger partial charge on any atom is 0.408 e. The van der Waals surface area contributed by atoms with Crippen molar-refractivity contribution in [1.29, 1.82) is 5.26 Å². The molecule has 1 aromatic rings. The van der Waals surface area contributed by atoms with E-state index in [2.05, 4.69) is 23.2 Å². The molecule has 41 heavy (non-hydrogen) atoms. The molecule has 2 aliphatic heterocycles. The summed E-state index contributed by atoms with van der Waals surface area (Å²) in [7, 11) is 0. The highest BCUT2D eigenvalue weighted by Gasteiger charge is 2.56. The lowest BCUT2D eigenvalue weighted by molar-refractivity contribution is -0.137. The average Bonchev–Trinajstić information content (AvgIpc) is 3.85. The number of ether oxygens (including phenoxy) is 1. The fraction of sp³-hybridized carbons (Fsp3) is 0.710. The van der Waals surface area contributed by atoms with Crippen molar-refractivity contribution in [3.8, 4) is 6.07 Å². The van der Waals surface area contributed by atoms with E-state index >= 15 is 0 Å². The topological polar surface area (TPSA) is 109 Å². The second-order valence-corrected chi connectivity index (χ2v) is 12.5. The lowest BCUT2D eigenvalue weighted by Crippen LogP contribution is -2.57. The third-order valence-corrected chi connectivity index (χ3v) is 8.45.